The number of hydrogen-bond acceptors (Lipinski definition) is 4. The quantitative estimate of drug-likeness (QED) is 0.892. The topological polar surface area (TPSA) is 72.7 Å². The molecule has 1 amide bonds. The molecule has 0 aliphatic rings. The molecule has 100 valence electrons. The van der Waals surface area contributed by atoms with Gasteiger partial charge in [0, 0.05) is 12.1 Å². The summed E-state index contributed by atoms with van der Waals surface area (Å²) in [4.78, 5) is 11.6. The summed E-state index contributed by atoms with van der Waals surface area (Å²) in [5, 5.41) is 14.0. The van der Waals surface area contributed by atoms with Crippen molar-refractivity contribution in [3.63, 3.8) is 0 Å². The van der Waals surface area contributed by atoms with E-state index in [0.29, 0.717) is 6.42 Å². The fraction of sp³-hybridized carbons (Fsp3) is 0.385. The molecule has 0 fully saturated rings. The molecule has 0 unspecified atom stereocenters. The normalized spacial score (nSPS) is 10.4. The molecule has 0 saturated carbocycles. The number of unbranched alkanes of at least 4 members (excludes halogenated alkanes) is 1. The van der Waals surface area contributed by atoms with Gasteiger partial charge in [0.1, 0.15) is 6.33 Å². The van der Waals surface area contributed by atoms with Crippen LogP contribution in [0, 0.1) is 6.92 Å². The standard InChI is InChI=1S/C13H17N5O/c1-3-4-5-13(19)15-11-6-7-12(10(2)8-11)18-9-14-16-17-18/h6-9H,3-5H2,1-2H3,(H,15,19). The average molecular weight is 259 g/mol. The molecule has 0 bridgehead atoms. The van der Waals surface area contributed by atoms with Crippen molar-refractivity contribution in [3.8, 4) is 5.69 Å². The molecule has 2 rings (SSSR count). The van der Waals surface area contributed by atoms with E-state index in [1.54, 1.807) is 11.0 Å². The Morgan fingerprint density at radius 2 is 2.26 bits per heavy atom. The molecule has 2 aromatic rings. The third kappa shape index (κ3) is 3.37. The molecule has 0 atom stereocenters. The summed E-state index contributed by atoms with van der Waals surface area (Å²) in [6.07, 6.45) is 4.03. The van der Waals surface area contributed by atoms with E-state index >= 15 is 0 Å². The van der Waals surface area contributed by atoms with Gasteiger partial charge >= 0.3 is 0 Å². The van der Waals surface area contributed by atoms with Gasteiger partial charge in [-0.1, -0.05) is 13.3 Å². The zero-order valence-corrected chi connectivity index (χ0v) is 11.1. The number of aromatic nitrogens is 4. The first-order valence-electron chi connectivity index (χ1n) is 6.34. The fourth-order valence-corrected chi connectivity index (χ4v) is 1.82. The van der Waals surface area contributed by atoms with Gasteiger partial charge in [-0.3, -0.25) is 4.79 Å². The minimum Gasteiger partial charge on any atom is -0.326 e. The van der Waals surface area contributed by atoms with E-state index in [2.05, 4.69) is 27.8 Å². The van der Waals surface area contributed by atoms with Crippen molar-refractivity contribution in [2.45, 2.75) is 33.1 Å². The highest BCUT2D eigenvalue weighted by atomic mass is 16.1. The van der Waals surface area contributed by atoms with E-state index in [0.717, 1.165) is 29.8 Å². The van der Waals surface area contributed by atoms with E-state index < -0.39 is 0 Å². The predicted molar refractivity (Wildman–Crippen MR) is 72.0 cm³/mol. The van der Waals surface area contributed by atoms with Crippen LogP contribution in [-0.4, -0.2) is 26.1 Å². The number of carbonyl (C=O) groups excluding carboxylic acids is 1. The van der Waals surface area contributed by atoms with Crippen LogP contribution in [0.1, 0.15) is 31.7 Å². The zero-order chi connectivity index (χ0) is 13.7. The highest BCUT2D eigenvalue weighted by molar-refractivity contribution is 5.90. The first-order chi connectivity index (χ1) is 9.20. The smallest absolute Gasteiger partial charge is 0.224 e. The Morgan fingerprint density at radius 1 is 1.42 bits per heavy atom. The fourth-order valence-electron chi connectivity index (χ4n) is 1.82. The van der Waals surface area contributed by atoms with Crippen molar-refractivity contribution in [2.24, 2.45) is 0 Å². The van der Waals surface area contributed by atoms with E-state index in [1.165, 1.54) is 0 Å². The second-order valence-electron chi connectivity index (χ2n) is 4.41. The van der Waals surface area contributed by atoms with Crippen molar-refractivity contribution < 1.29 is 4.79 Å². The number of benzene rings is 1. The highest BCUT2D eigenvalue weighted by Gasteiger charge is 2.06. The van der Waals surface area contributed by atoms with Crippen LogP contribution in [0.2, 0.25) is 0 Å². The summed E-state index contributed by atoms with van der Waals surface area (Å²) in [7, 11) is 0. The molecule has 1 N–H and O–H groups in total. The van der Waals surface area contributed by atoms with Crippen LogP contribution in [0.3, 0.4) is 0 Å². The minimum atomic E-state index is 0.0522. The van der Waals surface area contributed by atoms with Gasteiger partial charge < -0.3 is 5.32 Å². The van der Waals surface area contributed by atoms with Gasteiger partial charge in [0.25, 0.3) is 0 Å². The van der Waals surface area contributed by atoms with E-state index in [4.69, 9.17) is 0 Å². The van der Waals surface area contributed by atoms with E-state index in [-0.39, 0.29) is 5.91 Å². The highest BCUT2D eigenvalue weighted by Crippen LogP contribution is 2.18. The molecule has 0 aliphatic carbocycles. The Labute approximate surface area is 111 Å². The number of aryl methyl sites for hydroxylation is 1. The molecule has 0 saturated heterocycles. The predicted octanol–water partition coefficient (Wildman–Crippen LogP) is 2.10. The third-order valence-corrected chi connectivity index (χ3v) is 2.83. The molecular weight excluding hydrogens is 242 g/mol. The van der Waals surface area contributed by atoms with Crippen molar-refractivity contribution in [2.75, 3.05) is 5.32 Å². The molecule has 1 aromatic heterocycles. The zero-order valence-electron chi connectivity index (χ0n) is 11.1. The van der Waals surface area contributed by atoms with Crippen molar-refractivity contribution in [1.29, 1.82) is 0 Å². The number of nitrogens with one attached hydrogen (secondary N) is 1. The van der Waals surface area contributed by atoms with Gasteiger partial charge in [0.05, 0.1) is 5.69 Å². The number of anilines is 1. The summed E-state index contributed by atoms with van der Waals surface area (Å²) >= 11 is 0. The maximum Gasteiger partial charge on any atom is 0.224 e. The van der Waals surface area contributed by atoms with E-state index in [1.807, 2.05) is 25.1 Å². The van der Waals surface area contributed by atoms with Crippen LogP contribution in [0.4, 0.5) is 5.69 Å². The van der Waals surface area contributed by atoms with Crippen LogP contribution < -0.4 is 5.32 Å². The molecule has 19 heavy (non-hydrogen) atoms. The van der Waals surface area contributed by atoms with Crippen molar-refractivity contribution in [1.82, 2.24) is 20.2 Å². The third-order valence-electron chi connectivity index (χ3n) is 2.83. The van der Waals surface area contributed by atoms with Crippen LogP contribution in [0.25, 0.3) is 5.69 Å². The van der Waals surface area contributed by atoms with Gasteiger partial charge in [0.15, 0.2) is 0 Å². The Hall–Kier alpha value is -2.24. The van der Waals surface area contributed by atoms with Gasteiger partial charge in [-0.05, 0) is 47.5 Å². The minimum absolute atomic E-state index is 0.0522. The average Bonchev–Trinajstić information content (AvgIpc) is 2.90. The largest absolute Gasteiger partial charge is 0.326 e. The Balaban J connectivity index is 2.09. The summed E-state index contributed by atoms with van der Waals surface area (Å²) < 4.78 is 1.60. The lowest BCUT2D eigenvalue weighted by Crippen LogP contribution is -2.11. The summed E-state index contributed by atoms with van der Waals surface area (Å²) in [6.45, 7) is 4.02. The Bertz CT molecular complexity index is 550. The number of amides is 1. The van der Waals surface area contributed by atoms with Gasteiger partial charge in [-0.2, -0.15) is 0 Å². The van der Waals surface area contributed by atoms with Gasteiger partial charge in [-0.15, -0.1) is 5.10 Å². The summed E-state index contributed by atoms with van der Waals surface area (Å²) in [5.41, 5.74) is 2.70. The molecule has 0 aliphatic heterocycles. The monoisotopic (exact) mass is 259 g/mol. The molecule has 1 aromatic carbocycles. The number of rotatable bonds is 5. The van der Waals surface area contributed by atoms with Crippen LogP contribution in [0.5, 0.6) is 0 Å². The summed E-state index contributed by atoms with van der Waals surface area (Å²) in [6, 6.07) is 5.66. The Kier molecular flexibility index (Phi) is 4.22. The molecule has 0 radical (unpaired) electrons. The number of nitrogens with zero attached hydrogens (tertiary/aromatic N) is 4. The number of carbonyl (C=O) groups is 1. The summed E-state index contributed by atoms with van der Waals surface area (Å²) in [5.74, 6) is 0.0522. The molecule has 1 heterocycles. The second-order valence-corrected chi connectivity index (χ2v) is 4.41. The molecular formula is C13H17N5O. The first-order valence-corrected chi connectivity index (χ1v) is 6.34. The second kappa shape index (κ2) is 6.08. The first kappa shape index (κ1) is 13.2. The lowest BCUT2D eigenvalue weighted by molar-refractivity contribution is -0.116. The lowest BCUT2D eigenvalue weighted by atomic mass is 10.1. The van der Waals surface area contributed by atoms with Crippen LogP contribution >= 0.6 is 0 Å². The van der Waals surface area contributed by atoms with Crippen LogP contribution in [-0.2, 0) is 4.79 Å². The maximum atomic E-state index is 11.6. The lowest BCUT2D eigenvalue weighted by Gasteiger charge is -2.09. The number of tetrazole rings is 1. The van der Waals surface area contributed by atoms with Crippen molar-refractivity contribution in [3.05, 3.63) is 30.1 Å². The molecule has 6 nitrogen and oxygen atoms in total. The van der Waals surface area contributed by atoms with Gasteiger partial charge in [0.2, 0.25) is 5.91 Å². The molecule has 6 heteroatoms. The maximum absolute atomic E-state index is 11.6. The van der Waals surface area contributed by atoms with E-state index in [9.17, 15) is 4.79 Å². The molecule has 0 spiro atoms. The Morgan fingerprint density at radius 3 is 2.89 bits per heavy atom. The van der Waals surface area contributed by atoms with Gasteiger partial charge in [-0.25, -0.2) is 4.68 Å². The number of hydrogen-bond donors (Lipinski definition) is 1. The van der Waals surface area contributed by atoms with Crippen molar-refractivity contribution >= 4 is 11.6 Å². The SMILES string of the molecule is CCCCC(=O)Nc1ccc(-n2cnnn2)c(C)c1. The van der Waals surface area contributed by atoms with Crippen LogP contribution in [0.15, 0.2) is 24.5 Å².